The highest BCUT2D eigenvalue weighted by Gasteiger charge is 2.47. The van der Waals surface area contributed by atoms with Crippen molar-refractivity contribution in [3.05, 3.63) is 29.6 Å². The van der Waals surface area contributed by atoms with Gasteiger partial charge in [-0.15, -0.1) is 0 Å². The molecule has 1 fully saturated rings. The molecule has 16 heavy (non-hydrogen) atoms. The summed E-state index contributed by atoms with van der Waals surface area (Å²) in [4.78, 5) is 15.7. The third kappa shape index (κ3) is 1.26. The van der Waals surface area contributed by atoms with E-state index < -0.39 is 5.60 Å². The van der Waals surface area contributed by atoms with Crippen molar-refractivity contribution >= 4 is 5.97 Å². The van der Waals surface area contributed by atoms with Gasteiger partial charge in [0.15, 0.2) is 5.69 Å². The van der Waals surface area contributed by atoms with Crippen molar-refractivity contribution in [1.29, 1.82) is 0 Å². The van der Waals surface area contributed by atoms with Gasteiger partial charge in [0, 0.05) is 11.8 Å². The molecule has 0 radical (unpaired) electrons. The van der Waals surface area contributed by atoms with E-state index in [-0.39, 0.29) is 12.1 Å². The second-order valence-electron chi connectivity index (χ2n) is 4.51. The molecule has 0 saturated heterocycles. The van der Waals surface area contributed by atoms with Crippen LogP contribution in [0.25, 0.3) is 0 Å². The van der Waals surface area contributed by atoms with Crippen molar-refractivity contribution in [3.63, 3.8) is 0 Å². The fourth-order valence-corrected chi connectivity index (χ4v) is 2.66. The Bertz CT molecular complexity index is 436. The Morgan fingerprint density at radius 1 is 1.44 bits per heavy atom. The molecule has 0 atom stereocenters. The number of aliphatic hydroxyl groups excluding tert-OH is 1. The topological polar surface area (TPSA) is 59.4 Å². The maximum absolute atomic E-state index is 11.7. The van der Waals surface area contributed by atoms with Gasteiger partial charge in [-0.1, -0.05) is 6.07 Å². The van der Waals surface area contributed by atoms with Gasteiger partial charge in [-0.2, -0.15) is 0 Å². The average Bonchev–Trinajstić information content (AvgIpc) is 2.58. The van der Waals surface area contributed by atoms with Gasteiger partial charge in [0.2, 0.25) is 0 Å². The molecule has 1 aliphatic carbocycles. The minimum absolute atomic E-state index is 0.259. The molecular weight excluding hydrogens is 206 g/mol. The minimum Gasteiger partial charge on any atom is -0.449 e. The van der Waals surface area contributed by atoms with Crippen LogP contribution in [0.1, 0.15) is 41.7 Å². The summed E-state index contributed by atoms with van der Waals surface area (Å²) in [6.07, 6.45) is 4.10. The molecule has 4 heteroatoms. The van der Waals surface area contributed by atoms with Crippen molar-refractivity contribution in [2.24, 2.45) is 0 Å². The fourth-order valence-electron chi connectivity index (χ4n) is 2.66. The van der Waals surface area contributed by atoms with Crippen LogP contribution in [0, 0.1) is 0 Å². The van der Waals surface area contributed by atoms with Crippen LogP contribution >= 0.6 is 0 Å². The Morgan fingerprint density at radius 2 is 2.19 bits per heavy atom. The number of ether oxygens (including phenoxy) is 1. The molecule has 84 valence electrons. The van der Waals surface area contributed by atoms with Gasteiger partial charge >= 0.3 is 5.97 Å². The molecule has 2 aliphatic rings. The molecule has 3 rings (SSSR count). The number of nitrogens with zero attached hydrogens (tertiary/aromatic N) is 1. The molecule has 1 spiro atoms. The van der Waals surface area contributed by atoms with Crippen LogP contribution < -0.4 is 0 Å². The summed E-state index contributed by atoms with van der Waals surface area (Å²) in [5, 5.41) is 9.51. The van der Waals surface area contributed by atoms with Gasteiger partial charge in [-0.25, -0.2) is 9.78 Å². The first-order valence-corrected chi connectivity index (χ1v) is 5.58. The molecule has 0 aromatic carbocycles. The number of aromatic nitrogens is 1. The van der Waals surface area contributed by atoms with E-state index in [4.69, 9.17) is 4.74 Å². The average molecular weight is 219 g/mol. The first kappa shape index (κ1) is 9.78. The van der Waals surface area contributed by atoms with Gasteiger partial charge in [0.05, 0.1) is 6.10 Å². The number of rotatable bonds is 0. The normalized spacial score (nSPS) is 32.6. The monoisotopic (exact) mass is 219 g/mol. The van der Waals surface area contributed by atoms with Gasteiger partial charge in [0.25, 0.3) is 0 Å². The van der Waals surface area contributed by atoms with Crippen molar-refractivity contribution in [2.45, 2.75) is 37.4 Å². The number of carbonyl (C=O) groups is 1. The lowest BCUT2D eigenvalue weighted by molar-refractivity contribution is -0.0495. The molecule has 0 bridgehead atoms. The number of hydrogen-bond acceptors (Lipinski definition) is 4. The van der Waals surface area contributed by atoms with E-state index in [0.29, 0.717) is 31.4 Å². The van der Waals surface area contributed by atoms with Crippen molar-refractivity contribution in [2.75, 3.05) is 0 Å². The largest absolute Gasteiger partial charge is 0.449 e. The van der Waals surface area contributed by atoms with Crippen LogP contribution in [-0.4, -0.2) is 22.2 Å². The molecule has 0 unspecified atom stereocenters. The second kappa shape index (κ2) is 3.28. The van der Waals surface area contributed by atoms with Crippen LogP contribution in [0.15, 0.2) is 18.3 Å². The van der Waals surface area contributed by atoms with E-state index in [9.17, 15) is 9.90 Å². The highest BCUT2D eigenvalue weighted by atomic mass is 16.6. The number of carbonyl (C=O) groups excluding carboxylic acids is 1. The van der Waals surface area contributed by atoms with Crippen molar-refractivity contribution in [3.8, 4) is 0 Å². The standard InChI is InChI=1S/C12H13NO3/c14-8-3-5-12(6-4-8)9-2-1-7-13-10(9)11(15)16-12/h1-2,7-8,14H,3-6H2. The highest BCUT2D eigenvalue weighted by Crippen LogP contribution is 2.45. The van der Waals surface area contributed by atoms with Crippen LogP contribution in [0.2, 0.25) is 0 Å². The highest BCUT2D eigenvalue weighted by molar-refractivity contribution is 5.92. The third-order valence-electron chi connectivity index (χ3n) is 3.54. The summed E-state index contributed by atoms with van der Waals surface area (Å²) in [6, 6.07) is 3.73. The lowest BCUT2D eigenvalue weighted by atomic mass is 9.79. The Hall–Kier alpha value is -1.42. The first-order valence-electron chi connectivity index (χ1n) is 5.58. The van der Waals surface area contributed by atoms with E-state index in [1.54, 1.807) is 6.20 Å². The Kier molecular flexibility index (Phi) is 2.01. The van der Waals surface area contributed by atoms with Crippen LogP contribution in [0.4, 0.5) is 0 Å². The predicted octanol–water partition coefficient (Wildman–Crippen LogP) is 1.38. The number of aliphatic hydroxyl groups is 1. The molecule has 4 nitrogen and oxygen atoms in total. The Balaban J connectivity index is 2.02. The number of esters is 1. The predicted molar refractivity (Wildman–Crippen MR) is 55.8 cm³/mol. The zero-order valence-corrected chi connectivity index (χ0v) is 8.85. The zero-order valence-electron chi connectivity index (χ0n) is 8.85. The summed E-state index contributed by atoms with van der Waals surface area (Å²) in [5.74, 6) is -0.327. The van der Waals surface area contributed by atoms with Crippen molar-refractivity contribution < 1.29 is 14.6 Å². The van der Waals surface area contributed by atoms with Gasteiger partial charge in [-0.3, -0.25) is 0 Å². The third-order valence-corrected chi connectivity index (χ3v) is 3.54. The number of pyridine rings is 1. The quantitative estimate of drug-likeness (QED) is 0.670. The molecule has 1 saturated carbocycles. The van der Waals surface area contributed by atoms with Crippen LogP contribution in [0.3, 0.4) is 0 Å². The summed E-state index contributed by atoms with van der Waals surface area (Å²) in [6.45, 7) is 0. The Morgan fingerprint density at radius 3 is 2.94 bits per heavy atom. The minimum atomic E-state index is -0.514. The molecule has 1 aromatic rings. The van der Waals surface area contributed by atoms with Crippen LogP contribution in [0.5, 0.6) is 0 Å². The van der Waals surface area contributed by atoms with Gasteiger partial charge < -0.3 is 9.84 Å². The van der Waals surface area contributed by atoms with E-state index in [1.807, 2.05) is 12.1 Å². The molecule has 1 aromatic heterocycles. The maximum Gasteiger partial charge on any atom is 0.358 e. The number of fused-ring (bicyclic) bond motifs is 2. The summed E-state index contributed by atoms with van der Waals surface area (Å²) in [7, 11) is 0. The first-order chi connectivity index (χ1) is 7.71. The van der Waals surface area contributed by atoms with Gasteiger partial charge in [-0.05, 0) is 31.7 Å². The van der Waals surface area contributed by atoms with Crippen molar-refractivity contribution in [1.82, 2.24) is 4.98 Å². The maximum atomic E-state index is 11.7. The summed E-state index contributed by atoms with van der Waals surface area (Å²) < 4.78 is 5.50. The lowest BCUT2D eigenvalue weighted by Crippen LogP contribution is -2.33. The van der Waals surface area contributed by atoms with Crippen LogP contribution in [-0.2, 0) is 10.3 Å². The van der Waals surface area contributed by atoms with E-state index in [2.05, 4.69) is 4.98 Å². The van der Waals surface area contributed by atoms with Gasteiger partial charge in [0.1, 0.15) is 5.60 Å². The zero-order chi connectivity index (χ0) is 11.2. The molecule has 2 heterocycles. The molecule has 0 amide bonds. The van der Waals surface area contributed by atoms with E-state index in [1.165, 1.54) is 0 Å². The molecule has 1 N–H and O–H groups in total. The lowest BCUT2D eigenvalue weighted by Gasteiger charge is -2.34. The van der Waals surface area contributed by atoms with E-state index in [0.717, 1.165) is 5.56 Å². The second-order valence-corrected chi connectivity index (χ2v) is 4.51. The fraction of sp³-hybridized carbons (Fsp3) is 0.500. The number of hydrogen-bond donors (Lipinski definition) is 1. The SMILES string of the molecule is O=C1OC2(CCC(O)CC2)c2cccnc21. The van der Waals surface area contributed by atoms with E-state index >= 15 is 0 Å². The smallest absolute Gasteiger partial charge is 0.358 e. The summed E-state index contributed by atoms with van der Waals surface area (Å²) >= 11 is 0. The molecule has 1 aliphatic heterocycles. The summed E-state index contributed by atoms with van der Waals surface area (Å²) in [5.41, 5.74) is 0.825. The molecular formula is C12H13NO3. The Labute approximate surface area is 93.3 Å².